The van der Waals surface area contributed by atoms with E-state index in [4.69, 9.17) is 9.47 Å². The number of aromatic nitrogens is 1. The molecule has 0 saturated heterocycles. The van der Waals surface area contributed by atoms with Crippen LogP contribution in [0.25, 0.3) is 10.6 Å². The Labute approximate surface area is 109 Å². The smallest absolute Gasteiger partial charge is 0.349 e. The van der Waals surface area contributed by atoms with Crippen LogP contribution < -0.4 is 4.74 Å². The summed E-state index contributed by atoms with van der Waals surface area (Å²) in [7, 11) is 1.62. The Morgan fingerprint density at radius 1 is 1.33 bits per heavy atom. The van der Waals surface area contributed by atoms with Crippen molar-refractivity contribution in [2.24, 2.45) is 0 Å². The van der Waals surface area contributed by atoms with Crippen molar-refractivity contribution in [3.05, 3.63) is 35.3 Å². The number of nitrogens with zero attached hydrogens (tertiary/aromatic N) is 1. The second-order valence-corrected chi connectivity index (χ2v) is 4.51. The minimum atomic E-state index is -0.324. The van der Waals surface area contributed by atoms with Gasteiger partial charge in [-0.15, -0.1) is 11.3 Å². The molecule has 0 fully saturated rings. The standard InChI is InChI=1S/C13H13NO3S/c1-3-17-13(15)11-8-14-12(18-11)9-4-6-10(16-2)7-5-9/h4-8H,3H2,1-2H3. The second kappa shape index (κ2) is 5.64. The summed E-state index contributed by atoms with van der Waals surface area (Å²) in [5, 5.41) is 0.792. The topological polar surface area (TPSA) is 48.4 Å². The maximum atomic E-state index is 11.5. The summed E-state index contributed by atoms with van der Waals surface area (Å²) in [5.41, 5.74) is 0.955. The molecule has 0 aliphatic carbocycles. The largest absolute Gasteiger partial charge is 0.497 e. The molecule has 2 aromatic rings. The number of rotatable bonds is 4. The van der Waals surface area contributed by atoms with E-state index in [2.05, 4.69) is 4.98 Å². The molecule has 5 heteroatoms. The number of hydrogen-bond donors (Lipinski definition) is 0. The third kappa shape index (κ3) is 2.68. The van der Waals surface area contributed by atoms with E-state index >= 15 is 0 Å². The number of ether oxygens (including phenoxy) is 2. The molecule has 0 N–H and O–H groups in total. The van der Waals surface area contributed by atoms with E-state index < -0.39 is 0 Å². The molecule has 0 aliphatic heterocycles. The van der Waals surface area contributed by atoms with Crippen molar-refractivity contribution in [3.63, 3.8) is 0 Å². The van der Waals surface area contributed by atoms with Crippen LogP contribution in [-0.2, 0) is 4.74 Å². The van der Waals surface area contributed by atoms with Crippen molar-refractivity contribution in [1.29, 1.82) is 0 Å². The van der Waals surface area contributed by atoms with Gasteiger partial charge in [0.25, 0.3) is 0 Å². The maximum Gasteiger partial charge on any atom is 0.349 e. The third-order valence-corrected chi connectivity index (χ3v) is 3.35. The first-order valence-corrected chi connectivity index (χ1v) is 6.33. The number of carbonyl (C=O) groups is 1. The first kappa shape index (κ1) is 12.6. The summed E-state index contributed by atoms with van der Waals surface area (Å²) in [6.45, 7) is 2.15. The highest BCUT2D eigenvalue weighted by molar-refractivity contribution is 7.16. The van der Waals surface area contributed by atoms with Gasteiger partial charge < -0.3 is 9.47 Å². The van der Waals surface area contributed by atoms with Gasteiger partial charge in [0.15, 0.2) is 0 Å². The van der Waals surface area contributed by atoms with Crippen LogP contribution in [0, 0.1) is 0 Å². The Morgan fingerprint density at radius 2 is 2.06 bits per heavy atom. The number of benzene rings is 1. The van der Waals surface area contributed by atoms with Crippen LogP contribution in [0.4, 0.5) is 0 Å². The van der Waals surface area contributed by atoms with E-state index in [1.54, 1.807) is 20.2 Å². The van der Waals surface area contributed by atoms with Gasteiger partial charge in [0.2, 0.25) is 0 Å². The molecule has 0 atom stereocenters. The number of methoxy groups -OCH3 is 1. The fourth-order valence-electron chi connectivity index (χ4n) is 1.44. The van der Waals surface area contributed by atoms with Crippen molar-refractivity contribution in [2.75, 3.05) is 13.7 Å². The van der Waals surface area contributed by atoms with E-state index in [1.807, 2.05) is 24.3 Å². The predicted octanol–water partition coefficient (Wildman–Crippen LogP) is 3.00. The molecule has 0 aliphatic rings. The normalized spacial score (nSPS) is 10.1. The van der Waals surface area contributed by atoms with Crippen LogP contribution >= 0.6 is 11.3 Å². The average molecular weight is 263 g/mol. The van der Waals surface area contributed by atoms with Gasteiger partial charge in [-0.2, -0.15) is 0 Å². The summed E-state index contributed by atoms with van der Waals surface area (Å²) >= 11 is 1.32. The highest BCUT2D eigenvalue weighted by atomic mass is 32.1. The molecule has 1 heterocycles. The minimum Gasteiger partial charge on any atom is -0.497 e. The summed E-state index contributed by atoms with van der Waals surface area (Å²) in [6, 6.07) is 7.54. The highest BCUT2D eigenvalue weighted by Gasteiger charge is 2.12. The monoisotopic (exact) mass is 263 g/mol. The molecule has 1 aromatic carbocycles. The summed E-state index contributed by atoms with van der Waals surface area (Å²) < 4.78 is 10.0. The van der Waals surface area contributed by atoms with Crippen LogP contribution in [0.1, 0.15) is 16.6 Å². The molecule has 0 bridgehead atoms. The van der Waals surface area contributed by atoms with Gasteiger partial charge in [0.1, 0.15) is 15.6 Å². The Kier molecular flexibility index (Phi) is 3.94. The Bertz CT molecular complexity index is 533. The Hall–Kier alpha value is -1.88. The number of hydrogen-bond acceptors (Lipinski definition) is 5. The van der Waals surface area contributed by atoms with Crippen molar-refractivity contribution < 1.29 is 14.3 Å². The van der Waals surface area contributed by atoms with Crippen LogP contribution in [0.2, 0.25) is 0 Å². The van der Waals surface area contributed by atoms with Crippen LogP contribution in [-0.4, -0.2) is 24.7 Å². The summed E-state index contributed by atoms with van der Waals surface area (Å²) in [6.07, 6.45) is 1.54. The minimum absolute atomic E-state index is 0.324. The maximum absolute atomic E-state index is 11.5. The summed E-state index contributed by atoms with van der Waals surface area (Å²) in [5.74, 6) is 0.468. The van der Waals surface area contributed by atoms with Crippen molar-refractivity contribution in [3.8, 4) is 16.3 Å². The first-order chi connectivity index (χ1) is 8.74. The van der Waals surface area contributed by atoms with Crippen LogP contribution in [0.5, 0.6) is 5.75 Å². The van der Waals surface area contributed by atoms with E-state index in [0.29, 0.717) is 11.5 Å². The van der Waals surface area contributed by atoms with Gasteiger partial charge in [-0.1, -0.05) is 0 Å². The lowest BCUT2D eigenvalue weighted by Crippen LogP contribution is -2.01. The number of carbonyl (C=O) groups excluding carboxylic acids is 1. The predicted molar refractivity (Wildman–Crippen MR) is 70.1 cm³/mol. The molecule has 1 aromatic heterocycles. The fourth-order valence-corrected chi connectivity index (χ4v) is 2.25. The lowest BCUT2D eigenvalue weighted by molar-refractivity contribution is 0.0532. The van der Waals surface area contributed by atoms with E-state index in [0.717, 1.165) is 16.3 Å². The quantitative estimate of drug-likeness (QED) is 0.796. The average Bonchev–Trinajstić information content (AvgIpc) is 2.89. The van der Waals surface area contributed by atoms with Gasteiger partial charge in [0.05, 0.1) is 19.9 Å². The highest BCUT2D eigenvalue weighted by Crippen LogP contribution is 2.27. The molecule has 0 radical (unpaired) electrons. The van der Waals surface area contributed by atoms with Gasteiger partial charge in [-0.3, -0.25) is 0 Å². The zero-order chi connectivity index (χ0) is 13.0. The lowest BCUT2D eigenvalue weighted by Gasteiger charge is -2.00. The van der Waals surface area contributed by atoms with Crippen LogP contribution in [0.15, 0.2) is 30.5 Å². The molecule has 4 nitrogen and oxygen atoms in total. The SMILES string of the molecule is CCOC(=O)c1cnc(-c2ccc(OC)cc2)s1. The number of thiazole rings is 1. The van der Waals surface area contributed by atoms with Crippen LogP contribution in [0.3, 0.4) is 0 Å². The van der Waals surface area contributed by atoms with Gasteiger partial charge in [0, 0.05) is 5.56 Å². The van der Waals surface area contributed by atoms with E-state index in [1.165, 1.54) is 11.3 Å². The molecule has 0 unspecified atom stereocenters. The molecule has 0 spiro atoms. The molecular formula is C13H13NO3S. The third-order valence-electron chi connectivity index (χ3n) is 2.32. The lowest BCUT2D eigenvalue weighted by atomic mass is 10.2. The van der Waals surface area contributed by atoms with Gasteiger partial charge in [-0.25, -0.2) is 9.78 Å². The van der Waals surface area contributed by atoms with E-state index in [9.17, 15) is 4.79 Å². The second-order valence-electron chi connectivity index (χ2n) is 3.48. The zero-order valence-corrected chi connectivity index (χ0v) is 11.0. The zero-order valence-electron chi connectivity index (χ0n) is 10.2. The molecule has 0 saturated carbocycles. The van der Waals surface area contributed by atoms with E-state index in [-0.39, 0.29) is 5.97 Å². The van der Waals surface area contributed by atoms with Gasteiger partial charge in [-0.05, 0) is 31.2 Å². The first-order valence-electron chi connectivity index (χ1n) is 5.52. The molecule has 94 valence electrons. The molecular weight excluding hydrogens is 250 g/mol. The molecule has 18 heavy (non-hydrogen) atoms. The van der Waals surface area contributed by atoms with Gasteiger partial charge >= 0.3 is 5.97 Å². The fraction of sp³-hybridized carbons (Fsp3) is 0.231. The van der Waals surface area contributed by atoms with Crippen molar-refractivity contribution in [2.45, 2.75) is 6.92 Å². The molecule has 0 amide bonds. The Morgan fingerprint density at radius 3 is 2.67 bits per heavy atom. The number of esters is 1. The Balaban J connectivity index is 2.20. The van der Waals surface area contributed by atoms with Crippen molar-refractivity contribution in [1.82, 2.24) is 4.98 Å². The van der Waals surface area contributed by atoms with Crippen molar-refractivity contribution >= 4 is 17.3 Å². The molecule has 2 rings (SSSR count). The summed E-state index contributed by atoms with van der Waals surface area (Å²) in [4.78, 5) is 16.3.